The standard InChI is InChI=1S/C10H9ClN4O/c11-5-10(16)14-8-2-1-3-9(4-8)15-6-12-13-7-15/h1-4,6-7H,5H2,(H,14,16). The van der Waals surface area contributed by atoms with Crippen molar-refractivity contribution in [3.8, 4) is 5.69 Å². The van der Waals surface area contributed by atoms with Gasteiger partial charge in [-0.05, 0) is 18.2 Å². The summed E-state index contributed by atoms with van der Waals surface area (Å²) in [5, 5.41) is 10.1. The minimum absolute atomic E-state index is 0.0587. The first kappa shape index (κ1) is 10.6. The Labute approximate surface area is 97.1 Å². The minimum Gasteiger partial charge on any atom is -0.325 e. The van der Waals surface area contributed by atoms with Crippen molar-refractivity contribution in [3.05, 3.63) is 36.9 Å². The predicted molar refractivity (Wildman–Crippen MR) is 60.7 cm³/mol. The van der Waals surface area contributed by atoms with Crippen molar-refractivity contribution < 1.29 is 4.79 Å². The number of anilines is 1. The summed E-state index contributed by atoms with van der Waals surface area (Å²) >= 11 is 5.40. The highest BCUT2D eigenvalue weighted by molar-refractivity contribution is 6.29. The van der Waals surface area contributed by atoms with Gasteiger partial charge in [0.25, 0.3) is 0 Å². The van der Waals surface area contributed by atoms with Crippen LogP contribution in [-0.2, 0) is 4.79 Å². The lowest BCUT2D eigenvalue weighted by Crippen LogP contribution is -2.12. The van der Waals surface area contributed by atoms with Crippen molar-refractivity contribution >= 4 is 23.2 Å². The average Bonchev–Trinajstić information content (AvgIpc) is 2.83. The Hall–Kier alpha value is -1.88. The van der Waals surface area contributed by atoms with Gasteiger partial charge < -0.3 is 5.32 Å². The molecule has 2 rings (SSSR count). The lowest BCUT2D eigenvalue weighted by molar-refractivity contribution is -0.113. The Morgan fingerprint density at radius 1 is 1.38 bits per heavy atom. The van der Waals surface area contributed by atoms with Gasteiger partial charge in [-0.3, -0.25) is 9.36 Å². The van der Waals surface area contributed by atoms with Crippen LogP contribution in [0.5, 0.6) is 0 Å². The fourth-order valence-corrected chi connectivity index (χ4v) is 1.34. The maximum absolute atomic E-state index is 11.1. The second-order valence-corrected chi connectivity index (χ2v) is 3.37. The van der Waals surface area contributed by atoms with Crippen molar-refractivity contribution in [2.45, 2.75) is 0 Å². The maximum atomic E-state index is 11.1. The summed E-state index contributed by atoms with van der Waals surface area (Å²) in [5.74, 6) is -0.292. The first-order valence-corrected chi connectivity index (χ1v) is 5.14. The Kier molecular flexibility index (Phi) is 3.16. The summed E-state index contributed by atoms with van der Waals surface area (Å²) in [4.78, 5) is 11.1. The Morgan fingerprint density at radius 2 is 2.12 bits per heavy atom. The number of hydrogen-bond acceptors (Lipinski definition) is 3. The van der Waals surface area contributed by atoms with Gasteiger partial charge in [0.15, 0.2) is 0 Å². The average molecular weight is 237 g/mol. The highest BCUT2D eigenvalue weighted by Crippen LogP contribution is 2.13. The van der Waals surface area contributed by atoms with Gasteiger partial charge in [0.2, 0.25) is 5.91 Å². The normalized spacial score (nSPS) is 10.1. The number of amides is 1. The van der Waals surface area contributed by atoms with Gasteiger partial charge >= 0.3 is 0 Å². The molecule has 0 aliphatic rings. The number of nitrogens with one attached hydrogen (secondary N) is 1. The summed E-state index contributed by atoms with van der Waals surface area (Å²) in [6.07, 6.45) is 3.17. The van der Waals surface area contributed by atoms with Crippen LogP contribution in [0.2, 0.25) is 0 Å². The van der Waals surface area contributed by atoms with E-state index in [1.807, 2.05) is 18.2 Å². The van der Waals surface area contributed by atoms with E-state index in [1.54, 1.807) is 23.3 Å². The summed E-state index contributed by atoms with van der Waals surface area (Å²) < 4.78 is 1.75. The van der Waals surface area contributed by atoms with E-state index in [9.17, 15) is 4.79 Å². The zero-order chi connectivity index (χ0) is 11.4. The largest absolute Gasteiger partial charge is 0.325 e. The molecule has 1 aromatic carbocycles. The van der Waals surface area contributed by atoms with Crippen LogP contribution in [0.3, 0.4) is 0 Å². The molecule has 0 unspecified atom stereocenters. The second kappa shape index (κ2) is 4.76. The molecule has 16 heavy (non-hydrogen) atoms. The molecule has 0 spiro atoms. The van der Waals surface area contributed by atoms with Gasteiger partial charge in [-0.15, -0.1) is 21.8 Å². The van der Waals surface area contributed by atoms with Crippen molar-refractivity contribution in [2.75, 3.05) is 11.2 Å². The van der Waals surface area contributed by atoms with Crippen molar-refractivity contribution in [3.63, 3.8) is 0 Å². The minimum atomic E-state index is -0.234. The fourth-order valence-electron chi connectivity index (χ4n) is 1.27. The molecule has 6 heteroatoms. The van der Waals surface area contributed by atoms with Gasteiger partial charge in [-0.25, -0.2) is 0 Å². The number of alkyl halides is 1. The number of hydrogen-bond donors (Lipinski definition) is 1. The van der Waals surface area contributed by atoms with E-state index < -0.39 is 0 Å². The Morgan fingerprint density at radius 3 is 2.81 bits per heavy atom. The van der Waals surface area contributed by atoms with E-state index in [4.69, 9.17) is 11.6 Å². The number of carbonyl (C=O) groups is 1. The smallest absolute Gasteiger partial charge is 0.239 e. The van der Waals surface area contributed by atoms with Crippen LogP contribution in [0.15, 0.2) is 36.9 Å². The van der Waals surface area contributed by atoms with Crippen LogP contribution in [-0.4, -0.2) is 26.6 Å². The molecular formula is C10H9ClN4O. The van der Waals surface area contributed by atoms with Crippen LogP contribution in [0.25, 0.3) is 5.69 Å². The molecule has 0 bridgehead atoms. The zero-order valence-electron chi connectivity index (χ0n) is 8.30. The summed E-state index contributed by atoms with van der Waals surface area (Å²) in [5.41, 5.74) is 1.56. The highest BCUT2D eigenvalue weighted by atomic mass is 35.5. The molecule has 0 aliphatic heterocycles. The first-order valence-electron chi connectivity index (χ1n) is 4.60. The molecule has 0 saturated heterocycles. The number of benzene rings is 1. The molecule has 1 heterocycles. The van der Waals surface area contributed by atoms with E-state index in [-0.39, 0.29) is 11.8 Å². The molecule has 1 amide bonds. The highest BCUT2D eigenvalue weighted by Gasteiger charge is 2.01. The molecule has 0 aliphatic carbocycles. The topological polar surface area (TPSA) is 59.8 Å². The van der Waals surface area contributed by atoms with Crippen LogP contribution in [0.1, 0.15) is 0 Å². The van der Waals surface area contributed by atoms with E-state index in [0.717, 1.165) is 5.69 Å². The quantitative estimate of drug-likeness (QED) is 0.821. The van der Waals surface area contributed by atoms with Crippen molar-refractivity contribution in [1.82, 2.24) is 14.8 Å². The molecule has 0 fully saturated rings. The Bertz CT molecular complexity index is 483. The molecule has 82 valence electrons. The lowest BCUT2D eigenvalue weighted by Gasteiger charge is -2.05. The van der Waals surface area contributed by atoms with Crippen LogP contribution in [0, 0.1) is 0 Å². The summed E-state index contributed by atoms with van der Waals surface area (Å²) in [6.45, 7) is 0. The molecule has 1 aromatic heterocycles. The van der Waals surface area contributed by atoms with Gasteiger partial charge in [-0.1, -0.05) is 6.07 Å². The predicted octanol–water partition coefficient (Wildman–Crippen LogP) is 1.44. The maximum Gasteiger partial charge on any atom is 0.239 e. The third kappa shape index (κ3) is 2.38. The first-order chi connectivity index (χ1) is 7.79. The molecule has 0 radical (unpaired) electrons. The number of nitrogens with zero attached hydrogens (tertiary/aromatic N) is 3. The van der Waals surface area contributed by atoms with Crippen LogP contribution in [0.4, 0.5) is 5.69 Å². The summed E-state index contributed by atoms with van der Waals surface area (Å²) in [6, 6.07) is 7.32. The van der Waals surface area contributed by atoms with E-state index in [1.165, 1.54) is 0 Å². The van der Waals surface area contributed by atoms with Gasteiger partial charge in [0.1, 0.15) is 18.5 Å². The number of halogens is 1. The molecule has 2 aromatic rings. The number of rotatable bonds is 3. The van der Waals surface area contributed by atoms with E-state index in [0.29, 0.717) is 5.69 Å². The zero-order valence-corrected chi connectivity index (χ0v) is 9.05. The second-order valence-electron chi connectivity index (χ2n) is 3.10. The third-order valence-electron chi connectivity index (χ3n) is 1.97. The molecular weight excluding hydrogens is 228 g/mol. The fraction of sp³-hybridized carbons (Fsp3) is 0.100. The van der Waals surface area contributed by atoms with Crippen LogP contribution < -0.4 is 5.32 Å². The summed E-state index contributed by atoms with van der Waals surface area (Å²) in [7, 11) is 0. The molecule has 5 nitrogen and oxygen atoms in total. The van der Waals surface area contributed by atoms with Gasteiger partial charge in [0, 0.05) is 5.69 Å². The Balaban J connectivity index is 2.23. The third-order valence-corrected chi connectivity index (χ3v) is 2.21. The number of carbonyl (C=O) groups excluding carboxylic acids is 1. The molecule has 1 N–H and O–H groups in total. The van der Waals surface area contributed by atoms with Crippen molar-refractivity contribution in [2.24, 2.45) is 0 Å². The van der Waals surface area contributed by atoms with Crippen LogP contribution >= 0.6 is 11.6 Å². The number of aromatic nitrogens is 3. The van der Waals surface area contributed by atoms with Crippen molar-refractivity contribution in [1.29, 1.82) is 0 Å². The van der Waals surface area contributed by atoms with E-state index >= 15 is 0 Å². The van der Waals surface area contributed by atoms with E-state index in [2.05, 4.69) is 15.5 Å². The molecule has 0 atom stereocenters. The molecule has 0 saturated carbocycles. The van der Waals surface area contributed by atoms with Gasteiger partial charge in [-0.2, -0.15) is 0 Å². The lowest BCUT2D eigenvalue weighted by atomic mass is 10.2. The van der Waals surface area contributed by atoms with Gasteiger partial charge in [0.05, 0.1) is 5.69 Å². The SMILES string of the molecule is O=C(CCl)Nc1cccc(-n2cnnc2)c1. The monoisotopic (exact) mass is 236 g/mol.